The number of hydrogen-bond donors (Lipinski definition) is 1. The van der Waals surface area contributed by atoms with E-state index in [2.05, 4.69) is 15.2 Å². The molecule has 0 atom stereocenters. The number of nitrogens with zero attached hydrogens (tertiary/aromatic N) is 3. The summed E-state index contributed by atoms with van der Waals surface area (Å²) in [6.07, 6.45) is 1.87. The fourth-order valence-electron chi connectivity index (χ4n) is 2.54. The second kappa shape index (κ2) is 4.96. The topological polar surface area (TPSA) is 71.1 Å². The van der Waals surface area contributed by atoms with Crippen LogP contribution in [0.5, 0.6) is 5.75 Å². The summed E-state index contributed by atoms with van der Waals surface area (Å²) in [6, 6.07) is 5.84. The van der Waals surface area contributed by atoms with Crippen LogP contribution in [0.15, 0.2) is 18.2 Å². The highest BCUT2D eigenvalue weighted by atomic mass is 16.5. The summed E-state index contributed by atoms with van der Waals surface area (Å²) in [6.45, 7) is 2.42. The van der Waals surface area contributed by atoms with Gasteiger partial charge < -0.3 is 9.64 Å². The summed E-state index contributed by atoms with van der Waals surface area (Å²) in [5.41, 5.74) is 1.96. The van der Waals surface area contributed by atoms with Crippen molar-refractivity contribution in [3.63, 3.8) is 0 Å². The Hall–Kier alpha value is -2.37. The minimum Gasteiger partial charge on any atom is -0.495 e. The Morgan fingerprint density at radius 1 is 1.45 bits per heavy atom. The Bertz CT molecular complexity index is 636. The third-order valence-corrected chi connectivity index (χ3v) is 3.43. The lowest BCUT2D eigenvalue weighted by Crippen LogP contribution is -2.36. The summed E-state index contributed by atoms with van der Waals surface area (Å²) >= 11 is 0. The van der Waals surface area contributed by atoms with Gasteiger partial charge in [-0.25, -0.2) is 4.98 Å². The van der Waals surface area contributed by atoms with Gasteiger partial charge in [0.15, 0.2) is 0 Å². The van der Waals surface area contributed by atoms with Gasteiger partial charge in [0.25, 0.3) is 5.91 Å². The molecule has 0 bridgehead atoms. The van der Waals surface area contributed by atoms with Gasteiger partial charge in [-0.05, 0) is 31.4 Å². The quantitative estimate of drug-likeness (QED) is 0.903. The standard InChI is InChI=1S/C14H16N4O2/c1-9-15-13(17-16-9)14(19)18-8-4-6-10-5-3-7-11(20-2)12(10)18/h3,5,7H,4,6,8H2,1-2H3,(H,15,16,17). The average molecular weight is 272 g/mol. The van der Waals surface area contributed by atoms with Gasteiger partial charge in [0, 0.05) is 6.54 Å². The summed E-state index contributed by atoms with van der Waals surface area (Å²) in [5, 5.41) is 6.65. The number of fused-ring (bicyclic) bond motifs is 1. The SMILES string of the molecule is COc1cccc2c1N(C(=O)c1n[nH]c(C)n1)CCC2. The van der Waals surface area contributed by atoms with Gasteiger partial charge in [-0.3, -0.25) is 9.89 Å². The lowest BCUT2D eigenvalue weighted by atomic mass is 10.0. The highest BCUT2D eigenvalue weighted by Crippen LogP contribution is 2.36. The number of anilines is 1. The number of aromatic nitrogens is 3. The van der Waals surface area contributed by atoms with Crippen molar-refractivity contribution in [2.45, 2.75) is 19.8 Å². The average Bonchev–Trinajstić information content (AvgIpc) is 2.91. The molecule has 1 aromatic heterocycles. The van der Waals surface area contributed by atoms with Gasteiger partial charge in [-0.2, -0.15) is 0 Å². The zero-order chi connectivity index (χ0) is 14.1. The number of carbonyl (C=O) groups excluding carboxylic acids is 1. The summed E-state index contributed by atoms with van der Waals surface area (Å²) in [5.74, 6) is 1.34. The second-order valence-electron chi connectivity index (χ2n) is 4.77. The van der Waals surface area contributed by atoms with E-state index < -0.39 is 0 Å². The molecule has 0 saturated carbocycles. The van der Waals surface area contributed by atoms with Crippen molar-refractivity contribution < 1.29 is 9.53 Å². The summed E-state index contributed by atoms with van der Waals surface area (Å²) < 4.78 is 5.39. The Morgan fingerprint density at radius 2 is 2.30 bits per heavy atom. The first-order chi connectivity index (χ1) is 9.70. The highest BCUT2D eigenvalue weighted by Gasteiger charge is 2.28. The molecule has 1 aliphatic heterocycles. The van der Waals surface area contributed by atoms with Crippen molar-refractivity contribution in [1.82, 2.24) is 15.2 Å². The number of nitrogens with one attached hydrogen (secondary N) is 1. The van der Waals surface area contributed by atoms with E-state index in [1.807, 2.05) is 18.2 Å². The van der Waals surface area contributed by atoms with E-state index in [-0.39, 0.29) is 11.7 Å². The van der Waals surface area contributed by atoms with Crippen LogP contribution in [-0.2, 0) is 6.42 Å². The largest absolute Gasteiger partial charge is 0.495 e. The first-order valence-electron chi connectivity index (χ1n) is 6.57. The van der Waals surface area contributed by atoms with Crippen LogP contribution in [0.2, 0.25) is 0 Å². The normalized spacial score (nSPS) is 14.0. The van der Waals surface area contributed by atoms with Crippen molar-refractivity contribution in [3.8, 4) is 5.75 Å². The molecular weight excluding hydrogens is 256 g/mol. The van der Waals surface area contributed by atoms with Crippen LogP contribution < -0.4 is 9.64 Å². The fourth-order valence-corrected chi connectivity index (χ4v) is 2.54. The lowest BCUT2D eigenvalue weighted by molar-refractivity contribution is 0.0974. The van der Waals surface area contributed by atoms with E-state index in [1.165, 1.54) is 0 Å². The molecule has 2 heterocycles. The molecule has 0 unspecified atom stereocenters. The molecule has 2 aromatic rings. The summed E-state index contributed by atoms with van der Waals surface area (Å²) in [4.78, 5) is 18.4. The second-order valence-corrected chi connectivity index (χ2v) is 4.77. The van der Waals surface area contributed by atoms with Gasteiger partial charge >= 0.3 is 0 Å². The predicted molar refractivity (Wildman–Crippen MR) is 74.1 cm³/mol. The first-order valence-corrected chi connectivity index (χ1v) is 6.57. The minimum atomic E-state index is -0.195. The van der Waals surface area contributed by atoms with Crippen LogP contribution in [0, 0.1) is 6.92 Å². The Morgan fingerprint density at radius 3 is 3.00 bits per heavy atom. The molecule has 0 saturated heterocycles. The van der Waals surface area contributed by atoms with Crippen LogP contribution >= 0.6 is 0 Å². The van der Waals surface area contributed by atoms with Crippen LogP contribution in [0.1, 0.15) is 28.4 Å². The molecule has 1 N–H and O–H groups in total. The molecule has 20 heavy (non-hydrogen) atoms. The third kappa shape index (κ3) is 2.03. The number of methoxy groups -OCH3 is 1. The van der Waals surface area contributed by atoms with Crippen molar-refractivity contribution in [3.05, 3.63) is 35.4 Å². The molecule has 0 spiro atoms. The number of amides is 1. The van der Waals surface area contributed by atoms with Gasteiger partial charge in [-0.15, -0.1) is 5.10 Å². The van der Waals surface area contributed by atoms with Crippen molar-refractivity contribution in [2.24, 2.45) is 0 Å². The lowest BCUT2D eigenvalue weighted by Gasteiger charge is -2.30. The molecule has 104 valence electrons. The van der Waals surface area contributed by atoms with Gasteiger partial charge in [0.05, 0.1) is 12.8 Å². The van der Waals surface area contributed by atoms with Crippen LogP contribution in [-0.4, -0.2) is 34.7 Å². The molecule has 6 nitrogen and oxygen atoms in total. The number of ether oxygens (including phenoxy) is 1. The number of aryl methyl sites for hydroxylation is 2. The maximum atomic E-state index is 12.6. The van der Waals surface area contributed by atoms with Gasteiger partial charge in [-0.1, -0.05) is 12.1 Å². The van der Waals surface area contributed by atoms with E-state index in [1.54, 1.807) is 18.9 Å². The van der Waals surface area contributed by atoms with E-state index in [0.717, 1.165) is 24.1 Å². The van der Waals surface area contributed by atoms with E-state index >= 15 is 0 Å². The molecule has 1 aliphatic rings. The maximum absolute atomic E-state index is 12.6. The number of para-hydroxylation sites is 1. The highest BCUT2D eigenvalue weighted by molar-refractivity contribution is 6.05. The van der Waals surface area contributed by atoms with Crippen LogP contribution in [0.4, 0.5) is 5.69 Å². The number of carbonyl (C=O) groups is 1. The fraction of sp³-hybridized carbons (Fsp3) is 0.357. The Kier molecular flexibility index (Phi) is 3.14. The predicted octanol–water partition coefficient (Wildman–Crippen LogP) is 1.71. The zero-order valence-corrected chi connectivity index (χ0v) is 11.5. The Balaban J connectivity index is 2.03. The minimum absolute atomic E-state index is 0.195. The molecule has 0 aliphatic carbocycles. The molecule has 0 radical (unpaired) electrons. The van der Waals surface area contributed by atoms with Gasteiger partial charge in [0.1, 0.15) is 11.6 Å². The van der Waals surface area contributed by atoms with Crippen molar-refractivity contribution in [1.29, 1.82) is 0 Å². The number of benzene rings is 1. The molecule has 1 aromatic carbocycles. The zero-order valence-electron chi connectivity index (χ0n) is 11.5. The van der Waals surface area contributed by atoms with Crippen LogP contribution in [0.3, 0.4) is 0 Å². The molecule has 3 rings (SSSR count). The molecule has 0 fully saturated rings. The summed E-state index contributed by atoms with van der Waals surface area (Å²) in [7, 11) is 1.61. The first kappa shape index (κ1) is 12.7. The number of hydrogen-bond acceptors (Lipinski definition) is 4. The number of aromatic amines is 1. The smallest absolute Gasteiger partial charge is 0.298 e. The van der Waals surface area contributed by atoms with E-state index in [0.29, 0.717) is 18.1 Å². The Labute approximate surface area is 116 Å². The van der Waals surface area contributed by atoms with Gasteiger partial charge in [0.2, 0.25) is 5.82 Å². The maximum Gasteiger partial charge on any atom is 0.298 e. The van der Waals surface area contributed by atoms with E-state index in [4.69, 9.17) is 4.74 Å². The van der Waals surface area contributed by atoms with Crippen molar-refractivity contribution in [2.75, 3.05) is 18.6 Å². The monoisotopic (exact) mass is 272 g/mol. The molecule has 6 heteroatoms. The number of H-pyrrole nitrogens is 1. The van der Waals surface area contributed by atoms with Crippen LogP contribution in [0.25, 0.3) is 0 Å². The molecule has 1 amide bonds. The molecular formula is C14H16N4O2. The third-order valence-electron chi connectivity index (χ3n) is 3.43. The van der Waals surface area contributed by atoms with Crippen molar-refractivity contribution >= 4 is 11.6 Å². The number of rotatable bonds is 2. The van der Waals surface area contributed by atoms with E-state index in [9.17, 15) is 4.79 Å².